The molecule has 0 atom stereocenters. The Morgan fingerprint density at radius 3 is 2.73 bits per heavy atom. The second-order valence-corrected chi connectivity index (χ2v) is 2.05. The van der Waals surface area contributed by atoms with E-state index in [9.17, 15) is 4.79 Å². The third kappa shape index (κ3) is 6.84. The molecule has 0 aliphatic rings. The van der Waals surface area contributed by atoms with Crippen LogP contribution in [0.3, 0.4) is 0 Å². The minimum atomic E-state index is -0.273. The summed E-state index contributed by atoms with van der Waals surface area (Å²) in [6.45, 7) is 4.35. The van der Waals surface area contributed by atoms with Gasteiger partial charge < -0.3 is 4.74 Å². The molecule has 0 aromatic carbocycles. The van der Waals surface area contributed by atoms with Crippen molar-refractivity contribution in [3.8, 4) is 0 Å². The molecule has 0 fully saturated rings. The zero-order valence-electron chi connectivity index (χ0n) is 7.04. The van der Waals surface area contributed by atoms with Gasteiger partial charge in [0.15, 0.2) is 0 Å². The van der Waals surface area contributed by atoms with E-state index in [2.05, 4.69) is 0 Å². The maximum Gasteiger partial charge on any atom is 0.330 e. The van der Waals surface area contributed by atoms with E-state index in [4.69, 9.17) is 4.74 Å². The minimum absolute atomic E-state index is 0.273. The Hall–Kier alpha value is -1.05. The van der Waals surface area contributed by atoms with Gasteiger partial charge in [-0.25, -0.2) is 4.79 Å². The van der Waals surface area contributed by atoms with Gasteiger partial charge in [-0.2, -0.15) is 0 Å². The van der Waals surface area contributed by atoms with E-state index in [1.807, 2.05) is 19.9 Å². The van der Waals surface area contributed by atoms with Crippen molar-refractivity contribution in [2.24, 2.45) is 0 Å². The van der Waals surface area contributed by atoms with Crippen LogP contribution in [-0.2, 0) is 9.53 Å². The van der Waals surface area contributed by atoms with Crippen LogP contribution in [0.1, 0.15) is 20.3 Å². The standard InChI is InChI=1S/C9H14O2/c1-3-5-6-7-9(10)11-8-4-2/h3,5-7H,4,8H2,1-2H3/b5-3+,7-6+. The van der Waals surface area contributed by atoms with Crippen LogP contribution in [0, 0.1) is 0 Å². The molecule has 0 amide bonds. The molecule has 0 N–H and O–H groups in total. The molecule has 0 aliphatic heterocycles. The summed E-state index contributed by atoms with van der Waals surface area (Å²) < 4.78 is 4.78. The quantitative estimate of drug-likeness (QED) is 0.352. The molecule has 0 aromatic rings. The first kappa shape index (κ1) is 9.95. The summed E-state index contributed by atoms with van der Waals surface area (Å²) >= 11 is 0. The van der Waals surface area contributed by atoms with Crippen molar-refractivity contribution in [1.29, 1.82) is 0 Å². The van der Waals surface area contributed by atoms with E-state index in [0.717, 1.165) is 6.42 Å². The number of carbonyl (C=O) groups is 1. The highest BCUT2D eigenvalue weighted by Gasteiger charge is 1.91. The van der Waals surface area contributed by atoms with Gasteiger partial charge in [-0.1, -0.05) is 25.2 Å². The monoisotopic (exact) mass is 154 g/mol. The van der Waals surface area contributed by atoms with Gasteiger partial charge in [0, 0.05) is 6.08 Å². The lowest BCUT2D eigenvalue weighted by Crippen LogP contribution is -2.00. The molecule has 0 radical (unpaired) electrons. The number of hydrogen-bond donors (Lipinski definition) is 0. The van der Waals surface area contributed by atoms with Gasteiger partial charge in [-0.05, 0) is 13.3 Å². The van der Waals surface area contributed by atoms with Crippen LogP contribution in [0.5, 0.6) is 0 Å². The second kappa shape index (κ2) is 7.06. The molecule has 0 bridgehead atoms. The van der Waals surface area contributed by atoms with Crippen molar-refractivity contribution >= 4 is 5.97 Å². The van der Waals surface area contributed by atoms with E-state index in [-0.39, 0.29) is 5.97 Å². The van der Waals surface area contributed by atoms with Gasteiger partial charge in [0.1, 0.15) is 0 Å². The normalized spacial score (nSPS) is 11.1. The molecule has 0 rings (SSSR count). The number of ether oxygens (including phenoxy) is 1. The molecule has 0 aromatic heterocycles. The number of hydrogen-bond acceptors (Lipinski definition) is 2. The van der Waals surface area contributed by atoms with Crippen LogP contribution in [0.15, 0.2) is 24.3 Å². The van der Waals surface area contributed by atoms with Crippen molar-refractivity contribution in [2.75, 3.05) is 6.61 Å². The summed E-state index contributed by atoms with van der Waals surface area (Å²) in [6.07, 6.45) is 7.58. The van der Waals surface area contributed by atoms with Crippen LogP contribution in [0.2, 0.25) is 0 Å². The number of carbonyl (C=O) groups excluding carboxylic acids is 1. The first-order valence-corrected chi connectivity index (χ1v) is 3.77. The Morgan fingerprint density at radius 2 is 2.18 bits per heavy atom. The Balaban J connectivity index is 3.51. The zero-order chi connectivity index (χ0) is 8.53. The van der Waals surface area contributed by atoms with Gasteiger partial charge in [-0.3, -0.25) is 0 Å². The highest BCUT2D eigenvalue weighted by atomic mass is 16.5. The molecule has 2 nitrogen and oxygen atoms in total. The molecule has 0 unspecified atom stereocenters. The number of esters is 1. The van der Waals surface area contributed by atoms with Crippen LogP contribution < -0.4 is 0 Å². The maximum atomic E-state index is 10.7. The van der Waals surface area contributed by atoms with Crippen LogP contribution in [-0.4, -0.2) is 12.6 Å². The fourth-order valence-corrected chi connectivity index (χ4v) is 0.496. The molecule has 0 saturated heterocycles. The molecular formula is C9H14O2. The van der Waals surface area contributed by atoms with Crippen molar-refractivity contribution in [1.82, 2.24) is 0 Å². The Kier molecular flexibility index (Phi) is 6.39. The van der Waals surface area contributed by atoms with Gasteiger partial charge in [0.25, 0.3) is 0 Å². The topological polar surface area (TPSA) is 26.3 Å². The molecule has 0 saturated carbocycles. The summed E-state index contributed by atoms with van der Waals surface area (Å²) in [5, 5.41) is 0. The largest absolute Gasteiger partial charge is 0.463 e. The van der Waals surface area contributed by atoms with Gasteiger partial charge in [-0.15, -0.1) is 0 Å². The highest BCUT2D eigenvalue weighted by Crippen LogP contribution is 1.85. The van der Waals surface area contributed by atoms with Crippen molar-refractivity contribution in [3.05, 3.63) is 24.3 Å². The molecule has 0 heterocycles. The first-order chi connectivity index (χ1) is 5.31. The fraction of sp³-hybridized carbons (Fsp3) is 0.444. The van der Waals surface area contributed by atoms with E-state index in [1.165, 1.54) is 6.08 Å². The third-order valence-electron chi connectivity index (χ3n) is 0.984. The van der Waals surface area contributed by atoms with Crippen LogP contribution in [0.4, 0.5) is 0 Å². The van der Waals surface area contributed by atoms with Gasteiger partial charge in [0.05, 0.1) is 6.61 Å². The van der Waals surface area contributed by atoms with Crippen molar-refractivity contribution in [3.63, 3.8) is 0 Å². The predicted molar refractivity (Wildman–Crippen MR) is 45.2 cm³/mol. The molecular weight excluding hydrogens is 140 g/mol. The lowest BCUT2D eigenvalue weighted by Gasteiger charge is -1.95. The smallest absolute Gasteiger partial charge is 0.330 e. The van der Waals surface area contributed by atoms with Gasteiger partial charge in [0.2, 0.25) is 0 Å². The summed E-state index contributed by atoms with van der Waals surface area (Å²) in [4.78, 5) is 10.7. The minimum Gasteiger partial charge on any atom is -0.463 e. The Morgan fingerprint density at radius 1 is 1.45 bits per heavy atom. The summed E-state index contributed by atoms with van der Waals surface area (Å²) in [6, 6.07) is 0. The average molecular weight is 154 g/mol. The lowest BCUT2D eigenvalue weighted by molar-refractivity contribution is -0.137. The third-order valence-corrected chi connectivity index (χ3v) is 0.984. The highest BCUT2D eigenvalue weighted by molar-refractivity contribution is 5.82. The lowest BCUT2D eigenvalue weighted by atomic mass is 10.4. The molecule has 62 valence electrons. The van der Waals surface area contributed by atoms with E-state index >= 15 is 0 Å². The van der Waals surface area contributed by atoms with Crippen LogP contribution in [0.25, 0.3) is 0 Å². The second-order valence-electron chi connectivity index (χ2n) is 2.05. The predicted octanol–water partition coefficient (Wildman–Crippen LogP) is 2.07. The Bertz CT molecular complexity index is 157. The van der Waals surface area contributed by atoms with E-state index < -0.39 is 0 Å². The van der Waals surface area contributed by atoms with Crippen LogP contribution >= 0.6 is 0 Å². The van der Waals surface area contributed by atoms with E-state index in [1.54, 1.807) is 12.2 Å². The number of rotatable bonds is 4. The summed E-state index contributed by atoms with van der Waals surface area (Å²) in [5.41, 5.74) is 0. The zero-order valence-corrected chi connectivity index (χ0v) is 7.04. The van der Waals surface area contributed by atoms with E-state index in [0.29, 0.717) is 6.61 Å². The SMILES string of the molecule is C/C=C/C=C/C(=O)OCCC. The van der Waals surface area contributed by atoms with Gasteiger partial charge >= 0.3 is 5.97 Å². The molecule has 2 heteroatoms. The summed E-state index contributed by atoms with van der Waals surface area (Å²) in [7, 11) is 0. The number of allylic oxidation sites excluding steroid dienone is 3. The molecule has 11 heavy (non-hydrogen) atoms. The molecule has 0 aliphatic carbocycles. The first-order valence-electron chi connectivity index (χ1n) is 3.77. The maximum absolute atomic E-state index is 10.7. The molecule has 0 spiro atoms. The van der Waals surface area contributed by atoms with Crippen molar-refractivity contribution in [2.45, 2.75) is 20.3 Å². The average Bonchev–Trinajstić information content (AvgIpc) is 2.01. The summed E-state index contributed by atoms with van der Waals surface area (Å²) in [5.74, 6) is -0.273. The Labute approximate surface area is 67.6 Å². The fourth-order valence-electron chi connectivity index (χ4n) is 0.496. The van der Waals surface area contributed by atoms with Crippen molar-refractivity contribution < 1.29 is 9.53 Å².